The normalized spacial score (nSPS) is 18.4. The summed E-state index contributed by atoms with van der Waals surface area (Å²) in [6, 6.07) is 8.23. The molecule has 0 bridgehead atoms. The zero-order chi connectivity index (χ0) is 17.5. The Balaban J connectivity index is 1.81. The molecule has 0 aliphatic carbocycles. The van der Waals surface area contributed by atoms with E-state index in [2.05, 4.69) is 10.6 Å². The summed E-state index contributed by atoms with van der Waals surface area (Å²) in [5.41, 5.74) is 1.05. The van der Waals surface area contributed by atoms with Gasteiger partial charge in [-0.1, -0.05) is 30.3 Å². The summed E-state index contributed by atoms with van der Waals surface area (Å²) in [6.45, 7) is 1.86. The number of aliphatic hydroxyl groups excluding tert-OH is 1. The predicted octanol–water partition coefficient (Wildman–Crippen LogP) is 0.427. The Morgan fingerprint density at radius 3 is 2.71 bits per heavy atom. The van der Waals surface area contributed by atoms with Crippen LogP contribution in [0.15, 0.2) is 30.3 Å². The molecule has 1 saturated heterocycles. The molecule has 1 aliphatic rings. The van der Waals surface area contributed by atoms with Crippen LogP contribution in [0.4, 0.5) is 4.79 Å². The van der Waals surface area contributed by atoms with E-state index in [4.69, 9.17) is 5.11 Å². The van der Waals surface area contributed by atoms with Crippen LogP contribution in [0, 0.1) is 0 Å². The third-order valence-corrected chi connectivity index (χ3v) is 3.92. The van der Waals surface area contributed by atoms with Crippen LogP contribution in [0.2, 0.25) is 0 Å². The molecule has 24 heavy (non-hydrogen) atoms. The number of carbonyl (C=O) groups is 3. The fourth-order valence-corrected chi connectivity index (χ4v) is 2.54. The quantitative estimate of drug-likeness (QED) is 0.601. The summed E-state index contributed by atoms with van der Waals surface area (Å²) >= 11 is 0. The fraction of sp³-hybridized carbons (Fsp3) is 0.471. The molecule has 0 radical (unpaired) electrons. The molecular formula is C17H23N3O4. The average Bonchev–Trinajstić information content (AvgIpc) is 2.85. The number of aliphatic hydroxyl groups is 1. The van der Waals surface area contributed by atoms with E-state index >= 15 is 0 Å². The molecule has 1 fully saturated rings. The summed E-state index contributed by atoms with van der Waals surface area (Å²) in [5, 5.41) is 14.1. The number of rotatable bonds is 8. The van der Waals surface area contributed by atoms with Crippen molar-refractivity contribution < 1.29 is 19.5 Å². The molecule has 1 aliphatic heterocycles. The molecular weight excluding hydrogens is 310 g/mol. The second-order valence-electron chi connectivity index (χ2n) is 5.92. The van der Waals surface area contributed by atoms with Gasteiger partial charge in [0.15, 0.2) is 0 Å². The average molecular weight is 333 g/mol. The lowest BCUT2D eigenvalue weighted by Gasteiger charge is -2.13. The summed E-state index contributed by atoms with van der Waals surface area (Å²) in [7, 11) is 0. The minimum absolute atomic E-state index is 0.119. The summed E-state index contributed by atoms with van der Waals surface area (Å²) in [6.07, 6.45) is 0.963. The van der Waals surface area contributed by atoms with Crippen LogP contribution in [-0.2, 0) is 16.0 Å². The van der Waals surface area contributed by atoms with E-state index in [1.165, 1.54) is 4.90 Å². The molecule has 1 heterocycles. The van der Waals surface area contributed by atoms with Gasteiger partial charge in [-0.25, -0.2) is 4.79 Å². The maximum Gasteiger partial charge on any atom is 0.324 e. The molecule has 130 valence electrons. The standard InChI is InChI=1S/C17H23N3O4/c1-12(11-21)18-15(22)8-7-14-16(23)20(17(24)19-14)10-9-13-5-3-2-4-6-13/h2-6,12,14,21H,7-11H2,1H3,(H,18,22)(H,19,24). The first kappa shape index (κ1) is 17.9. The highest BCUT2D eigenvalue weighted by Gasteiger charge is 2.37. The predicted molar refractivity (Wildman–Crippen MR) is 88.1 cm³/mol. The third kappa shape index (κ3) is 4.79. The third-order valence-electron chi connectivity index (χ3n) is 3.92. The van der Waals surface area contributed by atoms with Crippen molar-refractivity contribution in [3.05, 3.63) is 35.9 Å². The van der Waals surface area contributed by atoms with E-state index in [0.717, 1.165) is 5.56 Å². The van der Waals surface area contributed by atoms with Gasteiger partial charge in [0.05, 0.1) is 6.61 Å². The monoisotopic (exact) mass is 333 g/mol. The fourth-order valence-electron chi connectivity index (χ4n) is 2.54. The molecule has 7 nitrogen and oxygen atoms in total. The van der Waals surface area contributed by atoms with Crippen molar-refractivity contribution in [2.24, 2.45) is 0 Å². The number of imide groups is 1. The maximum absolute atomic E-state index is 12.3. The van der Waals surface area contributed by atoms with E-state index in [9.17, 15) is 14.4 Å². The van der Waals surface area contributed by atoms with Crippen LogP contribution in [0.3, 0.4) is 0 Å². The van der Waals surface area contributed by atoms with E-state index in [-0.39, 0.29) is 37.3 Å². The summed E-state index contributed by atoms with van der Waals surface area (Å²) in [5.74, 6) is -0.541. The van der Waals surface area contributed by atoms with Gasteiger partial charge in [0.25, 0.3) is 5.91 Å². The van der Waals surface area contributed by atoms with Crippen molar-refractivity contribution in [2.75, 3.05) is 13.2 Å². The molecule has 2 atom stereocenters. The van der Waals surface area contributed by atoms with Crippen LogP contribution >= 0.6 is 0 Å². The Bertz CT molecular complexity index is 591. The van der Waals surface area contributed by atoms with Crippen molar-refractivity contribution in [3.63, 3.8) is 0 Å². The Labute approximate surface area is 141 Å². The lowest BCUT2D eigenvalue weighted by Crippen LogP contribution is -2.37. The van der Waals surface area contributed by atoms with E-state index < -0.39 is 12.1 Å². The molecule has 7 heteroatoms. The molecule has 1 aromatic carbocycles. The molecule has 0 spiro atoms. The van der Waals surface area contributed by atoms with Gasteiger partial charge < -0.3 is 15.7 Å². The van der Waals surface area contributed by atoms with Crippen molar-refractivity contribution in [1.29, 1.82) is 0 Å². The van der Waals surface area contributed by atoms with Crippen LogP contribution in [0.1, 0.15) is 25.3 Å². The summed E-state index contributed by atoms with van der Waals surface area (Å²) < 4.78 is 0. The van der Waals surface area contributed by atoms with Gasteiger partial charge >= 0.3 is 6.03 Å². The Morgan fingerprint density at radius 1 is 1.33 bits per heavy atom. The number of carbonyl (C=O) groups excluding carboxylic acids is 3. The largest absolute Gasteiger partial charge is 0.394 e. The molecule has 2 unspecified atom stereocenters. The first-order chi connectivity index (χ1) is 11.5. The number of amides is 4. The van der Waals surface area contributed by atoms with Gasteiger partial charge in [0, 0.05) is 19.0 Å². The van der Waals surface area contributed by atoms with E-state index in [1.807, 2.05) is 30.3 Å². The SMILES string of the molecule is CC(CO)NC(=O)CCC1NC(=O)N(CCc2ccccc2)C1=O. The van der Waals surface area contributed by atoms with Crippen LogP contribution in [-0.4, -0.2) is 53.1 Å². The zero-order valence-corrected chi connectivity index (χ0v) is 13.7. The summed E-state index contributed by atoms with van der Waals surface area (Å²) in [4.78, 5) is 37.1. The Hall–Kier alpha value is -2.41. The number of hydrogen-bond acceptors (Lipinski definition) is 4. The lowest BCUT2D eigenvalue weighted by molar-refractivity contribution is -0.127. The van der Waals surface area contributed by atoms with Crippen molar-refractivity contribution in [3.8, 4) is 0 Å². The smallest absolute Gasteiger partial charge is 0.324 e. The second kappa shape index (κ2) is 8.44. The van der Waals surface area contributed by atoms with Gasteiger partial charge in [-0.2, -0.15) is 0 Å². The molecule has 2 rings (SSSR count). The van der Waals surface area contributed by atoms with Gasteiger partial charge in [-0.3, -0.25) is 14.5 Å². The number of hydrogen-bond donors (Lipinski definition) is 3. The van der Waals surface area contributed by atoms with Gasteiger partial charge in [-0.15, -0.1) is 0 Å². The van der Waals surface area contributed by atoms with E-state index in [0.29, 0.717) is 13.0 Å². The number of nitrogens with one attached hydrogen (secondary N) is 2. The topological polar surface area (TPSA) is 98.7 Å². The van der Waals surface area contributed by atoms with Crippen LogP contribution in [0.25, 0.3) is 0 Å². The van der Waals surface area contributed by atoms with Crippen LogP contribution < -0.4 is 10.6 Å². The highest BCUT2D eigenvalue weighted by atomic mass is 16.3. The Morgan fingerprint density at radius 2 is 2.04 bits per heavy atom. The molecule has 0 aromatic heterocycles. The van der Waals surface area contributed by atoms with Crippen LogP contribution in [0.5, 0.6) is 0 Å². The van der Waals surface area contributed by atoms with Gasteiger partial charge in [-0.05, 0) is 25.3 Å². The number of urea groups is 1. The van der Waals surface area contributed by atoms with Gasteiger partial charge in [0.1, 0.15) is 6.04 Å². The minimum Gasteiger partial charge on any atom is -0.394 e. The van der Waals surface area contributed by atoms with E-state index in [1.54, 1.807) is 6.92 Å². The molecule has 3 N–H and O–H groups in total. The first-order valence-electron chi connectivity index (χ1n) is 8.07. The minimum atomic E-state index is -0.663. The lowest BCUT2D eigenvalue weighted by atomic mass is 10.1. The van der Waals surface area contributed by atoms with Gasteiger partial charge in [0.2, 0.25) is 5.91 Å². The highest BCUT2D eigenvalue weighted by molar-refractivity contribution is 6.04. The molecule has 4 amide bonds. The van der Waals surface area contributed by atoms with Crippen molar-refractivity contribution in [2.45, 2.75) is 38.3 Å². The zero-order valence-electron chi connectivity index (χ0n) is 13.7. The Kier molecular flexibility index (Phi) is 6.31. The highest BCUT2D eigenvalue weighted by Crippen LogP contribution is 2.12. The first-order valence-corrected chi connectivity index (χ1v) is 8.07. The molecule has 1 aromatic rings. The number of nitrogens with zero attached hydrogens (tertiary/aromatic N) is 1. The number of benzene rings is 1. The maximum atomic E-state index is 12.3. The van der Waals surface area contributed by atoms with Crippen molar-refractivity contribution >= 4 is 17.8 Å². The molecule has 0 saturated carbocycles. The second-order valence-corrected chi connectivity index (χ2v) is 5.92. The van der Waals surface area contributed by atoms with Crippen molar-refractivity contribution in [1.82, 2.24) is 15.5 Å².